The van der Waals surface area contributed by atoms with Crippen LogP contribution >= 0.6 is 22.9 Å². The Kier molecular flexibility index (Phi) is 5.44. The Bertz CT molecular complexity index is 1590. The number of rotatable bonds is 5. The van der Waals surface area contributed by atoms with E-state index < -0.39 is 10.0 Å². The summed E-state index contributed by atoms with van der Waals surface area (Å²) in [7, 11) is -3.87. The molecule has 0 radical (unpaired) electrons. The van der Waals surface area contributed by atoms with Gasteiger partial charge in [0.05, 0.1) is 21.2 Å². The van der Waals surface area contributed by atoms with Crippen LogP contribution in [0.15, 0.2) is 71.8 Å². The molecule has 0 fully saturated rings. The lowest BCUT2D eigenvalue weighted by atomic mass is 9.99. The van der Waals surface area contributed by atoms with Gasteiger partial charge in [-0.25, -0.2) is 13.4 Å². The predicted molar refractivity (Wildman–Crippen MR) is 134 cm³/mol. The van der Waals surface area contributed by atoms with Crippen molar-refractivity contribution in [2.45, 2.75) is 18.7 Å². The smallest absolute Gasteiger partial charge is 0.261 e. The summed E-state index contributed by atoms with van der Waals surface area (Å²) >= 11 is 7.54. The van der Waals surface area contributed by atoms with Crippen LogP contribution in [0, 0.1) is 13.8 Å². The summed E-state index contributed by atoms with van der Waals surface area (Å²) in [6.45, 7) is 3.87. The molecule has 0 saturated heterocycles. The lowest BCUT2D eigenvalue weighted by molar-refractivity contribution is 0.601. The van der Waals surface area contributed by atoms with Crippen molar-refractivity contribution in [1.29, 1.82) is 0 Å². The number of nitrogens with one attached hydrogen (secondary N) is 2. The number of aromatic amines is 1. The van der Waals surface area contributed by atoms with E-state index in [9.17, 15) is 8.42 Å². The highest BCUT2D eigenvalue weighted by molar-refractivity contribution is 7.92. The van der Waals surface area contributed by atoms with E-state index in [0.29, 0.717) is 16.4 Å². The Labute approximate surface area is 200 Å². The number of H-pyrrole nitrogens is 1. The molecule has 0 saturated carbocycles. The summed E-state index contributed by atoms with van der Waals surface area (Å²) < 4.78 is 29.3. The van der Waals surface area contributed by atoms with Gasteiger partial charge in [-0.3, -0.25) is 9.82 Å². The molecule has 5 aromatic rings. The van der Waals surface area contributed by atoms with E-state index in [2.05, 4.69) is 21.0 Å². The number of hydrogen-bond acceptors (Lipinski definition) is 5. The van der Waals surface area contributed by atoms with Crippen LogP contribution in [0.1, 0.15) is 11.3 Å². The monoisotopic (exact) mass is 494 g/mol. The standard InChI is InChI=1S/C24H19ClN4O2S2/c1-14-5-3-6-16(11-14)21-22-20(29-33(30,31)18-8-4-7-17(25)13-18)12-15(2)27-24(22)32-23(21)19-9-10-26-28-19/h3-13H,1-2H3,(H,26,28)(H,27,29). The molecule has 9 heteroatoms. The van der Waals surface area contributed by atoms with E-state index in [0.717, 1.165) is 37.5 Å². The van der Waals surface area contributed by atoms with Gasteiger partial charge in [-0.1, -0.05) is 47.5 Å². The van der Waals surface area contributed by atoms with Crippen LogP contribution in [0.2, 0.25) is 5.02 Å². The van der Waals surface area contributed by atoms with Crippen molar-refractivity contribution in [1.82, 2.24) is 15.2 Å². The normalized spacial score (nSPS) is 11.7. The van der Waals surface area contributed by atoms with Gasteiger partial charge in [0, 0.05) is 27.9 Å². The van der Waals surface area contributed by atoms with Gasteiger partial charge in [-0.15, -0.1) is 11.3 Å². The number of pyridine rings is 1. The fourth-order valence-electron chi connectivity index (χ4n) is 3.79. The molecular formula is C24H19ClN4O2S2. The number of nitrogens with zero attached hydrogens (tertiary/aromatic N) is 2. The van der Waals surface area contributed by atoms with Crippen molar-refractivity contribution in [2.24, 2.45) is 0 Å². The Morgan fingerprint density at radius 2 is 1.85 bits per heavy atom. The number of halogens is 1. The highest BCUT2D eigenvalue weighted by Gasteiger charge is 2.24. The second-order valence-corrected chi connectivity index (χ2v) is 10.8. The van der Waals surface area contributed by atoms with Crippen molar-refractivity contribution >= 4 is 48.9 Å². The maximum absolute atomic E-state index is 13.2. The zero-order valence-electron chi connectivity index (χ0n) is 17.8. The maximum Gasteiger partial charge on any atom is 0.261 e. The number of fused-ring (bicyclic) bond motifs is 1. The van der Waals surface area contributed by atoms with Gasteiger partial charge in [0.15, 0.2) is 0 Å². The molecule has 3 aromatic heterocycles. The zero-order chi connectivity index (χ0) is 23.2. The van der Waals surface area contributed by atoms with Gasteiger partial charge in [0.1, 0.15) is 4.83 Å². The van der Waals surface area contributed by atoms with E-state index in [-0.39, 0.29) is 4.90 Å². The van der Waals surface area contributed by atoms with Crippen LogP contribution in [0.4, 0.5) is 5.69 Å². The number of aromatic nitrogens is 3. The predicted octanol–water partition coefficient (Wildman–Crippen LogP) is 6.42. The van der Waals surface area contributed by atoms with Gasteiger partial charge in [-0.05, 0) is 49.7 Å². The minimum atomic E-state index is -3.87. The molecule has 166 valence electrons. The van der Waals surface area contributed by atoms with Crippen LogP contribution in [-0.2, 0) is 10.0 Å². The number of thiophene rings is 1. The van der Waals surface area contributed by atoms with Gasteiger partial charge < -0.3 is 0 Å². The molecule has 2 aromatic carbocycles. The molecule has 33 heavy (non-hydrogen) atoms. The Morgan fingerprint density at radius 1 is 1.03 bits per heavy atom. The zero-order valence-corrected chi connectivity index (χ0v) is 20.1. The van der Waals surface area contributed by atoms with Gasteiger partial charge in [0.2, 0.25) is 0 Å². The maximum atomic E-state index is 13.2. The fraction of sp³-hybridized carbons (Fsp3) is 0.0833. The van der Waals surface area contributed by atoms with E-state index in [4.69, 9.17) is 16.6 Å². The molecule has 0 amide bonds. The lowest BCUT2D eigenvalue weighted by Gasteiger charge is -2.13. The average molecular weight is 495 g/mol. The summed E-state index contributed by atoms with van der Waals surface area (Å²) in [6.07, 6.45) is 1.70. The second kappa shape index (κ2) is 8.30. The molecule has 2 N–H and O–H groups in total. The van der Waals surface area contributed by atoms with E-state index >= 15 is 0 Å². The first kappa shape index (κ1) is 21.6. The van der Waals surface area contributed by atoms with Crippen molar-refractivity contribution in [3.05, 3.63) is 83.1 Å². The molecule has 0 spiro atoms. The number of anilines is 1. The van der Waals surface area contributed by atoms with Crippen molar-refractivity contribution in [3.8, 4) is 21.7 Å². The van der Waals surface area contributed by atoms with Crippen molar-refractivity contribution in [3.63, 3.8) is 0 Å². The molecular weight excluding hydrogens is 476 g/mol. The average Bonchev–Trinajstić information content (AvgIpc) is 3.41. The first-order valence-corrected chi connectivity index (χ1v) is 12.8. The van der Waals surface area contributed by atoms with E-state index in [1.165, 1.54) is 23.5 Å². The van der Waals surface area contributed by atoms with E-state index in [1.54, 1.807) is 24.4 Å². The molecule has 3 heterocycles. The van der Waals surface area contributed by atoms with Gasteiger partial charge in [0.25, 0.3) is 10.0 Å². The molecule has 5 rings (SSSR count). The number of benzene rings is 2. The summed E-state index contributed by atoms with van der Waals surface area (Å²) in [5, 5.41) is 8.23. The Hall–Kier alpha value is -3.20. The minimum Gasteiger partial charge on any atom is -0.279 e. The summed E-state index contributed by atoms with van der Waals surface area (Å²) in [5.41, 5.74) is 4.99. The van der Waals surface area contributed by atoms with Crippen LogP contribution in [0.3, 0.4) is 0 Å². The SMILES string of the molecule is Cc1cccc(-c2c(-c3ccn[nH]3)sc3nc(C)cc(NS(=O)(=O)c4cccc(Cl)c4)c23)c1. The van der Waals surface area contributed by atoms with Gasteiger partial charge in [-0.2, -0.15) is 5.10 Å². The summed E-state index contributed by atoms with van der Waals surface area (Å²) in [4.78, 5) is 6.49. The topological polar surface area (TPSA) is 87.7 Å². The number of hydrogen-bond donors (Lipinski definition) is 2. The summed E-state index contributed by atoms with van der Waals surface area (Å²) in [6, 6.07) is 18.0. The fourth-order valence-corrected chi connectivity index (χ4v) is 6.39. The third-order valence-corrected chi connectivity index (χ3v) is 7.91. The van der Waals surface area contributed by atoms with Crippen molar-refractivity contribution < 1.29 is 8.42 Å². The molecule has 0 unspecified atom stereocenters. The minimum absolute atomic E-state index is 0.0961. The molecule has 0 aliphatic rings. The second-order valence-electron chi connectivity index (χ2n) is 7.70. The highest BCUT2D eigenvalue weighted by atomic mass is 35.5. The van der Waals surface area contributed by atoms with Crippen LogP contribution in [-0.4, -0.2) is 23.6 Å². The quantitative estimate of drug-likeness (QED) is 0.295. The first-order valence-electron chi connectivity index (χ1n) is 10.1. The first-order chi connectivity index (χ1) is 15.8. The molecule has 0 aliphatic carbocycles. The van der Waals surface area contributed by atoms with Crippen LogP contribution in [0.5, 0.6) is 0 Å². The third-order valence-electron chi connectivity index (χ3n) is 5.19. The molecule has 0 atom stereocenters. The number of aryl methyl sites for hydroxylation is 2. The Morgan fingerprint density at radius 3 is 2.58 bits per heavy atom. The molecule has 6 nitrogen and oxygen atoms in total. The highest BCUT2D eigenvalue weighted by Crippen LogP contribution is 2.47. The molecule has 0 bridgehead atoms. The Balaban J connectivity index is 1.78. The number of sulfonamides is 1. The van der Waals surface area contributed by atoms with E-state index in [1.807, 2.05) is 38.1 Å². The van der Waals surface area contributed by atoms with Gasteiger partial charge >= 0.3 is 0 Å². The summed E-state index contributed by atoms with van der Waals surface area (Å²) in [5.74, 6) is 0. The largest absolute Gasteiger partial charge is 0.279 e. The molecule has 0 aliphatic heterocycles. The third kappa shape index (κ3) is 4.13. The lowest BCUT2D eigenvalue weighted by Crippen LogP contribution is -2.13. The van der Waals surface area contributed by atoms with Crippen LogP contribution < -0.4 is 4.72 Å². The van der Waals surface area contributed by atoms with Crippen molar-refractivity contribution in [2.75, 3.05) is 4.72 Å². The van der Waals surface area contributed by atoms with Crippen LogP contribution in [0.25, 0.3) is 31.9 Å².